The molecule has 0 amide bonds. The molecule has 2 N–H and O–H groups in total. The van der Waals surface area contributed by atoms with Gasteiger partial charge in [-0.25, -0.2) is 0 Å². The maximum Gasteiger partial charge on any atom is 0.135 e. The Kier molecular flexibility index (Phi) is 5.12. The highest BCUT2D eigenvalue weighted by atomic mass is 16.3. The number of aliphatic hydroxyl groups is 2. The zero-order chi connectivity index (χ0) is 18.3. The molecular formula is C20H31NO3. The van der Waals surface area contributed by atoms with Gasteiger partial charge in [0.25, 0.3) is 0 Å². The first-order chi connectivity index (χ1) is 11.0. The van der Waals surface area contributed by atoms with Gasteiger partial charge >= 0.3 is 0 Å². The van der Waals surface area contributed by atoms with E-state index in [0.29, 0.717) is 6.42 Å². The molecule has 24 heavy (non-hydrogen) atoms. The molecule has 1 aliphatic rings. The molecule has 2 rings (SSSR count). The summed E-state index contributed by atoms with van der Waals surface area (Å²) in [6, 6.07) is 7.96. The summed E-state index contributed by atoms with van der Waals surface area (Å²) in [4.78, 5) is 13.5. The maximum absolute atomic E-state index is 11.8. The van der Waals surface area contributed by atoms with Gasteiger partial charge in [0.05, 0.1) is 0 Å². The Morgan fingerprint density at radius 3 is 2.12 bits per heavy atom. The molecule has 0 aromatic heterocycles. The van der Waals surface area contributed by atoms with Gasteiger partial charge in [0.15, 0.2) is 0 Å². The molecule has 1 saturated heterocycles. The fourth-order valence-electron chi connectivity index (χ4n) is 3.76. The molecule has 0 aliphatic carbocycles. The highest BCUT2D eigenvalue weighted by Gasteiger charge is 2.37. The van der Waals surface area contributed by atoms with Crippen molar-refractivity contribution in [3.63, 3.8) is 0 Å². The van der Waals surface area contributed by atoms with Crippen LogP contribution in [-0.2, 0) is 10.2 Å². The van der Waals surface area contributed by atoms with Crippen LogP contribution in [-0.4, -0.2) is 28.5 Å². The van der Waals surface area contributed by atoms with Crippen LogP contribution in [0.25, 0.3) is 0 Å². The number of carbonyl (C=O) groups excluding carboxylic acids is 1. The standard InChI is InChI=1S/C20H31NO3/c1-13-11-17(23)21(18(13)24)16-9-7-15(8-10-16)20(5,6)12-19(3,4)14(2)22/h7-10,13,17-18,23-24H,11-12H2,1-6H3. The number of benzene rings is 1. The van der Waals surface area contributed by atoms with Crippen molar-refractivity contribution in [3.8, 4) is 0 Å². The molecule has 0 radical (unpaired) electrons. The van der Waals surface area contributed by atoms with E-state index < -0.39 is 12.5 Å². The number of hydrogen-bond acceptors (Lipinski definition) is 4. The van der Waals surface area contributed by atoms with Gasteiger partial charge in [-0.15, -0.1) is 0 Å². The Labute approximate surface area is 145 Å². The van der Waals surface area contributed by atoms with E-state index in [9.17, 15) is 15.0 Å². The second-order valence-electron chi connectivity index (χ2n) is 8.56. The first-order valence-corrected chi connectivity index (χ1v) is 8.72. The lowest BCUT2D eigenvalue weighted by Gasteiger charge is -2.34. The molecule has 0 saturated carbocycles. The predicted molar refractivity (Wildman–Crippen MR) is 96.8 cm³/mol. The first kappa shape index (κ1) is 18.9. The normalized spacial score (nSPS) is 25.2. The highest BCUT2D eigenvalue weighted by Crippen LogP contribution is 2.38. The molecule has 4 nitrogen and oxygen atoms in total. The molecule has 0 bridgehead atoms. The van der Waals surface area contributed by atoms with Gasteiger partial charge in [-0.2, -0.15) is 0 Å². The van der Waals surface area contributed by atoms with Crippen LogP contribution in [0.3, 0.4) is 0 Å². The molecule has 1 aliphatic heterocycles. The zero-order valence-corrected chi connectivity index (χ0v) is 15.7. The lowest BCUT2D eigenvalue weighted by atomic mass is 9.70. The van der Waals surface area contributed by atoms with Gasteiger partial charge in [0.2, 0.25) is 0 Å². The minimum Gasteiger partial charge on any atom is -0.374 e. The number of ketones is 1. The predicted octanol–water partition coefficient (Wildman–Crippen LogP) is 3.45. The molecule has 3 unspecified atom stereocenters. The molecular weight excluding hydrogens is 302 g/mol. The lowest BCUT2D eigenvalue weighted by Crippen LogP contribution is -2.37. The second-order valence-corrected chi connectivity index (χ2v) is 8.56. The third-order valence-corrected chi connectivity index (χ3v) is 5.48. The summed E-state index contributed by atoms with van der Waals surface area (Å²) in [5.74, 6) is 0.247. The van der Waals surface area contributed by atoms with Crippen molar-refractivity contribution in [2.75, 3.05) is 4.90 Å². The van der Waals surface area contributed by atoms with Crippen LogP contribution in [0.1, 0.15) is 59.9 Å². The molecule has 1 aromatic rings. The summed E-state index contributed by atoms with van der Waals surface area (Å²) in [7, 11) is 0. The van der Waals surface area contributed by atoms with Crippen LogP contribution in [0.2, 0.25) is 0 Å². The number of hydrogen-bond donors (Lipinski definition) is 2. The smallest absolute Gasteiger partial charge is 0.135 e. The molecule has 1 aromatic carbocycles. The van der Waals surface area contributed by atoms with Crippen LogP contribution < -0.4 is 4.90 Å². The number of rotatable bonds is 5. The van der Waals surface area contributed by atoms with E-state index in [1.165, 1.54) is 0 Å². The molecule has 134 valence electrons. The van der Waals surface area contributed by atoms with Gasteiger partial charge in [0.1, 0.15) is 18.2 Å². The van der Waals surface area contributed by atoms with Crippen LogP contribution in [0.4, 0.5) is 5.69 Å². The lowest BCUT2D eigenvalue weighted by molar-refractivity contribution is -0.125. The Balaban J connectivity index is 2.21. The van der Waals surface area contributed by atoms with E-state index in [4.69, 9.17) is 0 Å². The van der Waals surface area contributed by atoms with Gasteiger partial charge in [0, 0.05) is 17.0 Å². The van der Waals surface area contributed by atoms with Gasteiger partial charge in [-0.05, 0) is 42.9 Å². The number of carbonyl (C=O) groups is 1. The third kappa shape index (κ3) is 3.65. The Morgan fingerprint density at radius 2 is 1.71 bits per heavy atom. The maximum atomic E-state index is 11.8. The number of Topliss-reactive ketones (excluding diaryl/α,β-unsaturated/α-hetero) is 1. The van der Waals surface area contributed by atoms with E-state index in [2.05, 4.69) is 13.8 Å². The van der Waals surface area contributed by atoms with Gasteiger partial charge < -0.3 is 15.1 Å². The van der Waals surface area contributed by atoms with Crippen molar-refractivity contribution >= 4 is 11.5 Å². The summed E-state index contributed by atoms with van der Waals surface area (Å²) in [5, 5.41) is 20.4. The van der Waals surface area contributed by atoms with E-state index in [1.54, 1.807) is 11.8 Å². The van der Waals surface area contributed by atoms with Crippen molar-refractivity contribution in [3.05, 3.63) is 29.8 Å². The van der Waals surface area contributed by atoms with Crippen molar-refractivity contribution in [2.45, 2.75) is 72.3 Å². The van der Waals surface area contributed by atoms with Crippen LogP contribution in [0.5, 0.6) is 0 Å². The Hall–Kier alpha value is -1.39. The number of nitrogens with zero attached hydrogens (tertiary/aromatic N) is 1. The summed E-state index contributed by atoms with van der Waals surface area (Å²) in [6.07, 6.45) is 0.0306. The summed E-state index contributed by atoms with van der Waals surface area (Å²) < 4.78 is 0. The van der Waals surface area contributed by atoms with Crippen molar-refractivity contribution in [1.29, 1.82) is 0 Å². The minimum atomic E-state index is -0.657. The van der Waals surface area contributed by atoms with Crippen molar-refractivity contribution < 1.29 is 15.0 Å². The third-order valence-electron chi connectivity index (χ3n) is 5.48. The average Bonchev–Trinajstić information content (AvgIpc) is 2.71. The number of anilines is 1. The monoisotopic (exact) mass is 333 g/mol. The first-order valence-electron chi connectivity index (χ1n) is 8.72. The number of aliphatic hydroxyl groups excluding tert-OH is 2. The molecule has 1 heterocycles. The quantitative estimate of drug-likeness (QED) is 0.866. The van der Waals surface area contributed by atoms with E-state index in [-0.39, 0.29) is 22.5 Å². The molecule has 1 fully saturated rings. The minimum absolute atomic E-state index is 0.0486. The zero-order valence-electron chi connectivity index (χ0n) is 15.7. The highest BCUT2D eigenvalue weighted by molar-refractivity contribution is 5.81. The molecule has 0 spiro atoms. The van der Waals surface area contributed by atoms with E-state index in [1.807, 2.05) is 45.0 Å². The van der Waals surface area contributed by atoms with Crippen LogP contribution in [0.15, 0.2) is 24.3 Å². The van der Waals surface area contributed by atoms with Crippen LogP contribution >= 0.6 is 0 Å². The Bertz CT molecular complexity index is 591. The molecule has 3 atom stereocenters. The van der Waals surface area contributed by atoms with Crippen LogP contribution in [0, 0.1) is 11.3 Å². The van der Waals surface area contributed by atoms with E-state index in [0.717, 1.165) is 17.7 Å². The second kappa shape index (κ2) is 6.49. The fourth-order valence-corrected chi connectivity index (χ4v) is 3.76. The van der Waals surface area contributed by atoms with E-state index >= 15 is 0 Å². The molecule has 4 heteroatoms. The average molecular weight is 333 g/mol. The SMILES string of the molecule is CC(=O)C(C)(C)CC(C)(C)c1ccc(N2C(O)CC(C)C2O)cc1. The van der Waals surface area contributed by atoms with Crippen molar-refractivity contribution in [1.82, 2.24) is 0 Å². The summed E-state index contributed by atoms with van der Waals surface area (Å²) in [5.41, 5.74) is 1.48. The summed E-state index contributed by atoms with van der Waals surface area (Å²) >= 11 is 0. The van der Waals surface area contributed by atoms with Crippen molar-refractivity contribution in [2.24, 2.45) is 11.3 Å². The topological polar surface area (TPSA) is 60.8 Å². The van der Waals surface area contributed by atoms with Gasteiger partial charge in [-0.3, -0.25) is 4.79 Å². The fraction of sp³-hybridized carbons (Fsp3) is 0.650. The Morgan fingerprint density at radius 1 is 1.17 bits per heavy atom. The summed E-state index contributed by atoms with van der Waals surface area (Å²) in [6.45, 7) is 11.9. The van der Waals surface area contributed by atoms with Gasteiger partial charge in [-0.1, -0.05) is 46.8 Å². The largest absolute Gasteiger partial charge is 0.374 e.